The molecule has 4 heteroatoms. The van der Waals surface area contributed by atoms with Gasteiger partial charge in [0.05, 0.1) is 5.02 Å². The van der Waals surface area contributed by atoms with Crippen molar-refractivity contribution in [1.82, 2.24) is 0 Å². The monoisotopic (exact) mass is 292 g/mol. The lowest BCUT2D eigenvalue weighted by molar-refractivity contribution is 0.102. The zero-order valence-corrected chi connectivity index (χ0v) is 11.6. The van der Waals surface area contributed by atoms with Crippen molar-refractivity contribution in [2.75, 3.05) is 0 Å². The van der Waals surface area contributed by atoms with Gasteiger partial charge in [0.1, 0.15) is 0 Å². The Hall–Kier alpha value is -1.64. The number of hydrogen-bond donors (Lipinski definition) is 0. The van der Waals surface area contributed by atoms with E-state index in [1.165, 1.54) is 6.07 Å². The van der Waals surface area contributed by atoms with Crippen LogP contribution in [0.3, 0.4) is 0 Å². The van der Waals surface area contributed by atoms with E-state index in [-0.39, 0.29) is 11.3 Å². The predicted molar refractivity (Wildman–Crippen MR) is 76.2 cm³/mol. The van der Waals surface area contributed by atoms with Crippen molar-refractivity contribution in [2.24, 2.45) is 0 Å². The fourth-order valence-corrected chi connectivity index (χ4v) is 2.29. The molecule has 0 unspecified atom stereocenters. The topological polar surface area (TPSA) is 34.1 Å². The molecule has 0 aliphatic rings. The van der Waals surface area contributed by atoms with Crippen molar-refractivity contribution < 1.29 is 9.59 Å². The lowest BCUT2D eigenvalue weighted by Gasteiger charge is -2.09. The van der Waals surface area contributed by atoms with Crippen LogP contribution in [0.1, 0.15) is 31.8 Å². The second-order valence-electron chi connectivity index (χ2n) is 4.08. The highest BCUT2D eigenvalue weighted by molar-refractivity contribution is 6.68. The molecular formula is C15H10Cl2O2. The first-order chi connectivity index (χ1) is 9.02. The van der Waals surface area contributed by atoms with E-state index in [1.54, 1.807) is 43.3 Å². The van der Waals surface area contributed by atoms with Crippen LogP contribution >= 0.6 is 23.2 Å². The molecule has 96 valence electrons. The molecule has 0 atom stereocenters. The number of carbonyl (C=O) groups is 2. The molecule has 0 bridgehead atoms. The molecule has 19 heavy (non-hydrogen) atoms. The summed E-state index contributed by atoms with van der Waals surface area (Å²) in [5.41, 5.74) is 1.55. The number of benzene rings is 2. The summed E-state index contributed by atoms with van der Waals surface area (Å²) in [5.74, 6) is -0.298. The van der Waals surface area contributed by atoms with Gasteiger partial charge in [0.25, 0.3) is 5.24 Å². The highest BCUT2D eigenvalue weighted by Gasteiger charge is 2.20. The summed E-state index contributed by atoms with van der Waals surface area (Å²) in [6.45, 7) is 1.76. The number of carbonyl (C=O) groups excluding carboxylic acids is 2. The normalized spacial score (nSPS) is 10.3. The van der Waals surface area contributed by atoms with Crippen molar-refractivity contribution in [3.05, 3.63) is 69.7 Å². The first kappa shape index (κ1) is 13.8. The molecule has 2 nitrogen and oxygen atoms in total. The molecule has 0 radical (unpaired) electrons. The van der Waals surface area contributed by atoms with E-state index in [1.807, 2.05) is 0 Å². The van der Waals surface area contributed by atoms with E-state index >= 15 is 0 Å². The Morgan fingerprint density at radius 3 is 2.21 bits per heavy atom. The minimum Gasteiger partial charge on any atom is -0.289 e. The van der Waals surface area contributed by atoms with E-state index < -0.39 is 5.24 Å². The second kappa shape index (κ2) is 5.55. The zero-order valence-electron chi connectivity index (χ0n) is 10.1. The van der Waals surface area contributed by atoms with Crippen molar-refractivity contribution in [1.29, 1.82) is 0 Å². The average Bonchev–Trinajstić information content (AvgIpc) is 2.38. The minimum atomic E-state index is -0.654. The number of aryl methyl sites for hydroxylation is 1. The van der Waals surface area contributed by atoms with Gasteiger partial charge in [-0.3, -0.25) is 9.59 Å². The van der Waals surface area contributed by atoms with Gasteiger partial charge < -0.3 is 0 Å². The molecule has 0 fully saturated rings. The van der Waals surface area contributed by atoms with Crippen molar-refractivity contribution in [3.63, 3.8) is 0 Å². The smallest absolute Gasteiger partial charge is 0.253 e. The highest BCUT2D eigenvalue weighted by atomic mass is 35.5. The van der Waals surface area contributed by atoms with Gasteiger partial charge in [-0.25, -0.2) is 0 Å². The van der Waals surface area contributed by atoms with Crippen LogP contribution in [0, 0.1) is 6.92 Å². The average molecular weight is 293 g/mol. The largest absolute Gasteiger partial charge is 0.289 e. The Balaban J connectivity index is 2.63. The summed E-state index contributed by atoms with van der Waals surface area (Å²) in [6, 6.07) is 11.7. The van der Waals surface area contributed by atoms with Crippen LogP contribution in [0.25, 0.3) is 0 Å². The number of rotatable bonds is 3. The quantitative estimate of drug-likeness (QED) is 0.626. The molecule has 0 saturated heterocycles. The summed E-state index contributed by atoms with van der Waals surface area (Å²) < 4.78 is 0. The minimum absolute atomic E-state index is 0.201. The van der Waals surface area contributed by atoms with E-state index in [2.05, 4.69) is 0 Å². The maximum absolute atomic E-state index is 12.5. The van der Waals surface area contributed by atoms with Crippen LogP contribution in [0.2, 0.25) is 5.02 Å². The van der Waals surface area contributed by atoms with Gasteiger partial charge in [-0.15, -0.1) is 0 Å². The van der Waals surface area contributed by atoms with Crippen molar-refractivity contribution >= 4 is 34.2 Å². The molecule has 0 spiro atoms. The molecule has 2 rings (SSSR count). The van der Waals surface area contributed by atoms with Gasteiger partial charge in [-0.2, -0.15) is 0 Å². The van der Waals surface area contributed by atoms with E-state index in [4.69, 9.17) is 23.2 Å². The first-order valence-corrected chi connectivity index (χ1v) is 6.36. The van der Waals surface area contributed by atoms with Gasteiger partial charge in [-0.1, -0.05) is 35.9 Å². The molecule has 0 saturated carbocycles. The van der Waals surface area contributed by atoms with E-state index in [9.17, 15) is 9.59 Å². The molecular weight excluding hydrogens is 283 g/mol. The number of halogens is 2. The summed E-state index contributed by atoms with van der Waals surface area (Å²) in [7, 11) is 0. The Kier molecular flexibility index (Phi) is 4.03. The van der Waals surface area contributed by atoms with Crippen molar-refractivity contribution in [2.45, 2.75) is 6.92 Å². The molecule has 0 N–H and O–H groups in total. The maximum atomic E-state index is 12.5. The second-order valence-corrected chi connectivity index (χ2v) is 4.83. The Labute approximate surface area is 121 Å². The third kappa shape index (κ3) is 2.70. The fourth-order valence-electron chi connectivity index (χ4n) is 1.91. The van der Waals surface area contributed by atoms with Crippen LogP contribution in [0.4, 0.5) is 0 Å². The Morgan fingerprint density at radius 1 is 0.947 bits per heavy atom. The lowest BCUT2D eigenvalue weighted by atomic mass is 9.94. The van der Waals surface area contributed by atoms with Gasteiger partial charge in [-0.05, 0) is 42.3 Å². The molecule has 2 aromatic carbocycles. The third-order valence-electron chi connectivity index (χ3n) is 2.83. The van der Waals surface area contributed by atoms with Crippen LogP contribution in [0.15, 0.2) is 42.5 Å². The molecule has 0 heterocycles. The number of hydrogen-bond acceptors (Lipinski definition) is 2. The first-order valence-electron chi connectivity index (χ1n) is 5.61. The zero-order chi connectivity index (χ0) is 14.0. The number of ketones is 1. The van der Waals surface area contributed by atoms with Crippen molar-refractivity contribution in [3.8, 4) is 0 Å². The van der Waals surface area contributed by atoms with Crippen LogP contribution in [-0.4, -0.2) is 11.0 Å². The predicted octanol–water partition coefficient (Wildman–Crippen LogP) is 4.26. The summed E-state index contributed by atoms with van der Waals surface area (Å²) in [4.78, 5) is 23.9. The molecule has 2 aromatic rings. The van der Waals surface area contributed by atoms with Gasteiger partial charge in [0, 0.05) is 16.7 Å². The van der Waals surface area contributed by atoms with E-state index in [0.29, 0.717) is 21.7 Å². The van der Waals surface area contributed by atoms with Gasteiger partial charge in [0.15, 0.2) is 5.78 Å². The summed E-state index contributed by atoms with van der Waals surface area (Å²) >= 11 is 11.5. The maximum Gasteiger partial charge on any atom is 0.253 e. The van der Waals surface area contributed by atoms with Crippen LogP contribution in [-0.2, 0) is 0 Å². The van der Waals surface area contributed by atoms with Gasteiger partial charge in [0.2, 0.25) is 0 Å². The summed E-state index contributed by atoms with van der Waals surface area (Å²) in [5, 5.41) is -0.303. The molecule has 0 aliphatic heterocycles. The Bertz CT molecular complexity index is 663. The standard InChI is InChI=1S/C15H10Cl2O2/c1-9-5-4-7-11(15(17)19)13(9)14(18)10-6-2-3-8-12(10)16/h2-8H,1H3. The van der Waals surface area contributed by atoms with E-state index in [0.717, 1.165) is 0 Å². The van der Waals surface area contributed by atoms with Crippen LogP contribution in [0.5, 0.6) is 0 Å². The molecule has 0 amide bonds. The fraction of sp³-hybridized carbons (Fsp3) is 0.0667. The molecule has 0 aromatic heterocycles. The third-order valence-corrected chi connectivity index (χ3v) is 3.36. The Morgan fingerprint density at radius 2 is 1.58 bits per heavy atom. The van der Waals surface area contributed by atoms with Crippen LogP contribution < -0.4 is 0 Å². The lowest BCUT2D eigenvalue weighted by Crippen LogP contribution is -2.10. The highest BCUT2D eigenvalue weighted by Crippen LogP contribution is 2.24. The molecule has 0 aliphatic carbocycles. The SMILES string of the molecule is Cc1cccc(C(=O)Cl)c1C(=O)c1ccccc1Cl. The van der Waals surface area contributed by atoms with Gasteiger partial charge >= 0.3 is 0 Å². The summed E-state index contributed by atoms with van der Waals surface area (Å²) in [6.07, 6.45) is 0.